The van der Waals surface area contributed by atoms with Crippen molar-refractivity contribution < 1.29 is 4.79 Å². The van der Waals surface area contributed by atoms with E-state index in [1.54, 1.807) is 7.05 Å². The van der Waals surface area contributed by atoms with Crippen LogP contribution in [0.25, 0.3) is 0 Å². The third kappa shape index (κ3) is 7.61. The lowest BCUT2D eigenvalue weighted by Gasteiger charge is -2.13. The molecule has 3 N–H and O–H groups in total. The van der Waals surface area contributed by atoms with Crippen LogP contribution in [0.15, 0.2) is 53.5 Å². The Morgan fingerprint density at radius 2 is 1.88 bits per heavy atom. The van der Waals surface area contributed by atoms with Gasteiger partial charge in [-0.1, -0.05) is 41.9 Å². The zero-order chi connectivity index (χ0) is 18.1. The molecule has 0 aliphatic heterocycles. The number of anilines is 1. The average Bonchev–Trinajstić information content (AvgIpc) is 2.59. The summed E-state index contributed by atoms with van der Waals surface area (Å²) in [6.07, 6.45) is 0.818. The monoisotopic (exact) mass is 486 g/mol. The van der Waals surface area contributed by atoms with Gasteiger partial charge in [-0.3, -0.25) is 9.79 Å². The van der Waals surface area contributed by atoms with Crippen molar-refractivity contribution >= 4 is 53.1 Å². The Bertz CT molecular complexity index is 752. The summed E-state index contributed by atoms with van der Waals surface area (Å²) in [5, 5.41) is 10.1. The third-order valence-electron chi connectivity index (χ3n) is 3.58. The average molecular weight is 487 g/mol. The van der Waals surface area contributed by atoms with Crippen LogP contribution in [-0.4, -0.2) is 25.5 Å². The third-order valence-corrected chi connectivity index (χ3v) is 3.94. The minimum Gasteiger partial charge on any atom is -0.356 e. The second kappa shape index (κ2) is 11.7. The van der Waals surface area contributed by atoms with Crippen molar-refractivity contribution in [1.82, 2.24) is 10.6 Å². The number of carbonyl (C=O) groups excluding carboxylic acids is 1. The molecule has 0 saturated heterocycles. The predicted octanol–water partition coefficient (Wildman–Crippen LogP) is 3.82. The quantitative estimate of drug-likeness (QED) is 0.330. The van der Waals surface area contributed by atoms with Crippen LogP contribution in [-0.2, 0) is 17.8 Å². The van der Waals surface area contributed by atoms with Gasteiger partial charge in [-0.25, -0.2) is 0 Å². The first-order valence-corrected chi connectivity index (χ1v) is 8.50. The molecule has 0 bridgehead atoms. The molecule has 0 aliphatic carbocycles. The first kappa shape index (κ1) is 22.2. The molecular formula is C19H24ClIN4O. The van der Waals surface area contributed by atoms with Gasteiger partial charge in [0.2, 0.25) is 5.91 Å². The molecule has 0 atom stereocenters. The fourth-order valence-electron chi connectivity index (χ4n) is 2.39. The van der Waals surface area contributed by atoms with Gasteiger partial charge in [0.25, 0.3) is 0 Å². The number of aliphatic imine (C=N–C) groups is 1. The van der Waals surface area contributed by atoms with Crippen LogP contribution in [0.2, 0.25) is 5.02 Å². The summed E-state index contributed by atoms with van der Waals surface area (Å²) in [4.78, 5) is 15.4. The number of amides is 1. The van der Waals surface area contributed by atoms with Gasteiger partial charge in [0.15, 0.2) is 5.96 Å². The Labute approximate surface area is 176 Å². The molecule has 0 saturated carbocycles. The molecule has 2 rings (SSSR count). The Hall–Kier alpha value is -1.80. The van der Waals surface area contributed by atoms with Crippen LogP contribution in [0.5, 0.6) is 0 Å². The van der Waals surface area contributed by atoms with Gasteiger partial charge in [-0.05, 0) is 35.7 Å². The minimum absolute atomic E-state index is 0. The van der Waals surface area contributed by atoms with Crippen LogP contribution < -0.4 is 16.0 Å². The smallest absolute Gasteiger partial charge is 0.221 e. The molecule has 0 aromatic heterocycles. The van der Waals surface area contributed by atoms with Gasteiger partial charge in [-0.2, -0.15) is 0 Å². The largest absolute Gasteiger partial charge is 0.356 e. The van der Waals surface area contributed by atoms with E-state index in [1.807, 2.05) is 48.5 Å². The molecule has 2 aromatic carbocycles. The Morgan fingerprint density at radius 1 is 1.12 bits per heavy atom. The molecule has 2 aromatic rings. The number of guanidine groups is 1. The number of benzene rings is 2. The first-order valence-electron chi connectivity index (χ1n) is 8.13. The van der Waals surface area contributed by atoms with Crippen LogP contribution in [0, 0.1) is 0 Å². The Balaban J connectivity index is 0.00000338. The number of hydrogen-bond donors (Lipinski definition) is 3. The summed E-state index contributed by atoms with van der Waals surface area (Å²) < 4.78 is 0. The number of halogens is 2. The summed E-state index contributed by atoms with van der Waals surface area (Å²) in [6, 6.07) is 15.5. The van der Waals surface area contributed by atoms with Crippen LogP contribution in [0.4, 0.5) is 5.69 Å². The molecular weight excluding hydrogens is 463 g/mol. The molecule has 0 heterocycles. The number of nitrogens with one attached hydrogen (secondary N) is 3. The predicted molar refractivity (Wildman–Crippen MR) is 120 cm³/mol. The van der Waals surface area contributed by atoms with Crippen molar-refractivity contribution in [2.75, 3.05) is 18.9 Å². The van der Waals surface area contributed by atoms with E-state index >= 15 is 0 Å². The highest BCUT2D eigenvalue weighted by atomic mass is 127. The van der Waals surface area contributed by atoms with Gasteiger partial charge in [-0.15, -0.1) is 24.0 Å². The zero-order valence-electron chi connectivity index (χ0n) is 14.9. The van der Waals surface area contributed by atoms with Gasteiger partial charge in [0, 0.05) is 37.8 Å². The topological polar surface area (TPSA) is 65.5 Å². The van der Waals surface area contributed by atoms with Crippen LogP contribution in [0.1, 0.15) is 18.1 Å². The van der Waals surface area contributed by atoms with Gasteiger partial charge in [0.05, 0.1) is 0 Å². The summed E-state index contributed by atoms with van der Waals surface area (Å²) in [6.45, 7) is 2.84. The lowest BCUT2D eigenvalue weighted by atomic mass is 10.1. The summed E-state index contributed by atoms with van der Waals surface area (Å²) in [5.74, 6) is 0.638. The molecule has 7 heteroatoms. The van der Waals surface area contributed by atoms with Crippen LogP contribution >= 0.6 is 35.6 Å². The molecule has 1 amide bonds. The van der Waals surface area contributed by atoms with Crippen molar-refractivity contribution in [3.8, 4) is 0 Å². The minimum atomic E-state index is -0.0813. The number of rotatable bonds is 6. The molecule has 140 valence electrons. The highest BCUT2D eigenvalue weighted by molar-refractivity contribution is 14.0. The van der Waals surface area contributed by atoms with E-state index in [0.717, 1.165) is 40.8 Å². The van der Waals surface area contributed by atoms with E-state index in [0.29, 0.717) is 6.54 Å². The highest BCUT2D eigenvalue weighted by Gasteiger charge is 2.02. The molecule has 26 heavy (non-hydrogen) atoms. The van der Waals surface area contributed by atoms with Crippen molar-refractivity contribution in [3.05, 3.63) is 64.7 Å². The maximum atomic E-state index is 11.1. The highest BCUT2D eigenvalue weighted by Crippen LogP contribution is 2.14. The molecule has 0 fully saturated rings. The lowest BCUT2D eigenvalue weighted by molar-refractivity contribution is -0.114. The van der Waals surface area contributed by atoms with Crippen LogP contribution in [0.3, 0.4) is 0 Å². The summed E-state index contributed by atoms with van der Waals surface area (Å²) in [7, 11) is 1.73. The van der Waals surface area contributed by atoms with Gasteiger partial charge in [0.1, 0.15) is 0 Å². The molecule has 0 aliphatic rings. The number of carbonyl (C=O) groups is 1. The molecule has 0 unspecified atom stereocenters. The maximum absolute atomic E-state index is 11.1. The Morgan fingerprint density at radius 3 is 2.58 bits per heavy atom. The zero-order valence-corrected chi connectivity index (χ0v) is 18.0. The Kier molecular flexibility index (Phi) is 10.0. The fraction of sp³-hybridized carbons (Fsp3) is 0.263. The first-order chi connectivity index (χ1) is 12.1. The summed E-state index contributed by atoms with van der Waals surface area (Å²) in [5.41, 5.74) is 2.95. The van der Waals surface area contributed by atoms with Crippen molar-refractivity contribution in [1.29, 1.82) is 0 Å². The summed E-state index contributed by atoms with van der Waals surface area (Å²) >= 11 is 6.16. The molecule has 0 spiro atoms. The van der Waals surface area contributed by atoms with Gasteiger partial charge >= 0.3 is 0 Å². The van der Waals surface area contributed by atoms with Crippen molar-refractivity contribution in [3.63, 3.8) is 0 Å². The lowest BCUT2D eigenvalue weighted by Crippen LogP contribution is -2.37. The fourth-order valence-corrected chi connectivity index (χ4v) is 2.62. The number of hydrogen-bond acceptors (Lipinski definition) is 2. The number of nitrogens with zero attached hydrogens (tertiary/aromatic N) is 1. The standard InChI is InChI=1S/C19H23ClN4O.HI/c1-14(25)24-17-8-5-6-15(12-17)13-23-19(21-2)22-11-10-16-7-3-4-9-18(16)20;/h3-9,12H,10-11,13H2,1-2H3,(H,24,25)(H2,21,22,23);1H. The van der Waals surface area contributed by atoms with E-state index in [2.05, 4.69) is 20.9 Å². The van der Waals surface area contributed by atoms with Gasteiger partial charge < -0.3 is 16.0 Å². The molecule has 5 nitrogen and oxygen atoms in total. The van der Waals surface area contributed by atoms with Crippen molar-refractivity contribution in [2.24, 2.45) is 4.99 Å². The van der Waals surface area contributed by atoms with E-state index < -0.39 is 0 Å². The van der Waals surface area contributed by atoms with E-state index in [-0.39, 0.29) is 29.9 Å². The second-order valence-electron chi connectivity index (χ2n) is 5.58. The maximum Gasteiger partial charge on any atom is 0.221 e. The van der Waals surface area contributed by atoms with E-state index in [4.69, 9.17) is 11.6 Å². The SMILES string of the molecule is CN=C(NCCc1ccccc1Cl)NCc1cccc(NC(C)=O)c1.I. The molecule has 0 radical (unpaired) electrons. The second-order valence-corrected chi connectivity index (χ2v) is 5.98. The van der Waals surface area contributed by atoms with Crippen molar-refractivity contribution in [2.45, 2.75) is 19.9 Å². The van der Waals surface area contributed by atoms with E-state index in [9.17, 15) is 4.79 Å². The van der Waals surface area contributed by atoms with E-state index in [1.165, 1.54) is 6.92 Å². The normalized spacial score (nSPS) is 10.7.